The molecule has 4 amide bonds. The Kier molecular flexibility index (Phi) is 10.7. The smallest absolute Gasteiger partial charge is 0.307 e. The lowest BCUT2D eigenvalue weighted by Gasteiger charge is -2.33. The number of carbonyl (C=O) groups is 5. The van der Waals surface area contributed by atoms with Crippen molar-refractivity contribution in [3.05, 3.63) is 66.5 Å². The summed E-state index contributed by atoms with van der Waals surface area (Å²) in [6.07, 6.45) is 9.91. The normalized spacial score (nSPS) is 29.1. The number of likely N-dealkylation sites (tertiary alicyclic amines) is 1. The van der Waals surface area contributed by atoms with Gasteiger partial charge in [0.1, 0.15) is 22.9 Å². The lowest BCUT2D eigenvalue weighted by atomic mass is 9.92. The molecule has 0 spiro atoms. The third-order valence-electron chi connectivity index (χ3n) is 11.5. The molecule has 3 aliphatic heterocycles. The number of benzene rings is 1. The Balaban J connectivity index is 1.18. The maximum absolute atomic E-state index is 14.7. The topological polar surface area (TPSA) is 172 Å². The Morgan fingerprint density at radius 1 is 0.982 bits per heavy atom. The summed E-state index contributed by atoms with van der Waals surface area (Å²) >= 11 is 0. The number of hydrogen-bond donors (Lipinski definition) is 2. The number of nitrogens with one attached hydrogen (secondary N) is 2. The summed E-state index contributed by atoms with van der Waals surface area (Å²) in [7, 11) is -3.90. The summed E-state index contributed by atoms with van der Waals surface area (Å²) < 4.78 is 33.7. The van der Waals surface area contributed by atoms with Crippen LogP contribution in [0.4, 0.5) is 0 Å². The minimum absolute atomic E-state index is 0.141. The van der Waals surface area contributed by atoms with Crippen molar-refractivity contribution in [2.24, 2.45) is 23.7 Å². The molecule has 7 rings (SSSR count). The number of aromatic nitrogens is 1. The van der Waals surface area contributed by atoms with Crippen molar-refractivity contribution in [1.29, 1.82) is 0 Å². The second-order valence-electron chi connectivity index (χ2n) is 16.9. The number of hydrogen-bond acceptors (Lipinski definition) is 9. The number of amides is 4. The first kappa shape index (κ1) is 38.7. The predicted octanol–water partition coefficient (Wildman–Crippen LogP) is 4.00. The van der Waals surface area contributed by atoms with E-state index < -0.39 is 68.0 Å². The quantitative estimate of drug-likeness (QED) is 0.312. The fourth-order valence-corrected chi connectivity index (χ4v) is 9.84. The van der Waals surface area contributed by atoms with Gasteiger partial charge in [0, 0.05) is 49.5 Å². The van der Waals surface area contributed by atoms with E-state index in [-0.39, 0.29) is 55.9 Å². The van der Waals surface area contributed by atoms with Crippen LogP contribution in [0.15, 0.2) is 60.8 Å². The monoisotopic (exact) mass is 773 g/mol. The average Bonchev–Trinajstić information content (AvgIpc) is 4.04. The minimum atomic E-state index is -3.90. The molecule has 2 saturated heterocycles. The van der Waals surface area contributed by atoms with Crippen molar-refractivity contribution in [1.82, 2.24) is 24.8 Å². The van der Waals surface area contributed by atoms with Gasteiger partial charge in [-0.3, -0.25) is 33.7 Å². The summed E-state index contributed by atoms with van der Waals surface area (Å²) in [5.74, 6) is -4.41. The lowest BCUT2D eigenvalue weighted by Crippen LogP contribution is -2.58. The van der Waals surface area contributed by atoms with E-state index in [1.54, 1.807) is 37.9 Å². The zero-order valence-corrected chi connectivity index (χ0v) is 32.6. The molecule has 294 valence electrons. The van der Waals surface area contributed by atoms with Crippen molar-refractivity contribution >= 4 is 39.6 Å². The van der Waals surface area contributed by atoms with Crippen LogP contribution in [0.2, 0.25) is 0 Å². The summed E-state index contributed by atoms with van der Waals surface area (Å²) in [4.78, 5) is 77.8. The molecule has 13 nitrogen and oxygen atoms in total. The predicted molar refractivity (Wildman–Crippen MR) is 203 cm³/mol. The number of rotatable bonds is 7. The Morgan fingerprint density at radius 2 is 1.75 bits per heavy atom. The second-order valence-corrected chi connectivity index (χ2v) is 18.8. The number of nitrogens with zero attached hydrogens (tertiary/aromatic N) is 3. The third-order valence-corrected chi connectivity index (χ3v) is 13.3. The molecule has 0 radical (unpaired) electrons. The van der Waals surface area contributed by atoms with Crippen LogP contribution in [0.5, 0.6) is 0 Å². The van der Waals surface area contributed by atoms with Crippen molar-refractivity contribution in [3.8, 4) is 11.1 Å². The van der Waals surface area contributed by atoms with E-state index in [1.165, 1.54) is 4.90 Å². The van der Waals surface area contributed by atoms with Crippen LogP contribution < -0.4 is 10.0 Å². The molecule has 6 atom stereocenters. The van der Waals surface area contributed by atoms with Gasteiger partial charge in [-0.05, 0) is 82.6 Å². The number of pyridine rings is 1. The third kappa shape index (κ3) is 8.48. The number of esters is 1. The molecule has 0 unspecified atom stereocenters. The SMILES string of the molecule is CC(C)(C)OC(=O)C[C@@H]1CCCCC/C=C\[C@@H]2C[C@@]2(C(=O)NS(=O)(=O)C2CC2)NC(=O)[C@@H]2[C@H]3CN(C(=O)c4cc(-c5ccccc5)ccn4)C[C@H]3CN2C1=O. The van der Waals surface area contributed by atoms with Gasteiger partial charge in [0.25, 0.3) is 11.8 Å². The van der Waals surface area contributed by atoms with Crippen molar-refractivity contribution in [3.63, 3.8) is 0 Å². The van der Waals surface area contributed by atoms with Gasteiger partial charge in [-0.2, -0.15) is 0 Å². The summed E-state index contributed by atoms with van der Waals surface area (Å²) in [5, 5.41) is 2.31. The van der Waals surface area contributed by atoms with Crippen molar-refractivity contribution in [2.75, 3.05) is 19.6 Å². The molecule has 55 heavy (non-hydrogen) atoms. The first-order valence-corrected chi connectivity index (χ1v) is 21.1. The maximum Gasteiger partial charge on any atom is 0.307 e. The molecule has 2 saturated carbocycles. The van der Waals surface area contributed by atoms with Crippen molar-refractivity contribution < 1.29 is 37.1 Å². The van der Waals surface area contributed by atoms with Gasteiger partial charge in [0.15, 0.2) is 0 Å². The van der Waals surface area contributed by atoms with Crippen LogP contribution in [0.1, 0.15) is 89.0 Å². The molecule has 4 fully saturated rings. The first-order valence-electron chi connectivity index (χ1n) is 19.5. The number of ether oxygens (including phenoxy) is 1. The maximum atomic E-state index is 14.7. The molecular weight excluding hydrogens is 723 g/mol. The van der Waals surface area contributed by atoms with E-state index in [4.69, 9.17) is 4.74 Å². The number of allylic oxidation sites excluding steroid dienone is 1. The van der Waals surface area contributed by atoms with Gasteiger partial charge < -0.3 is 19.9 Å². The number of fused-ring (bicyclic) bond motifs is 4. The van der Waals surface area contributed by atoms with Crippen LogP contribution in [-0.2, 0) is 33.9 Å². The average molecular weight is 774 g/mol. The molecule has 1 aromatic carbocycles. The fraction of sp³-hybridized carbons (Fsp3) is 0.561. The van der Waals surface area contributed by atoms with Gasteiger partial charge in [0.2, 0.25) is 21.8 Å². The molecule has 2 aromatic rings. The highest BCUT2D eigenvalue weighted by Gasteiger charge is 2.63. The molecule has 0 bridgehead atoms. The molecule has 1 aromatic heterocycles. The molecule has 5 aliphatic rings. The zero-order valence-electron chi connectivity index (χ0n) is 31.7. The molecular formula is C41H51N5O8S. The lowest BCUT2D eigenvalue weighted by molar-refractivity contribution is -0.159. The Bertz CT molecular complexity index is 1980. The molecule has 2 N–H and O–H groups in total. The standard InChI is InChI=1S/C41H51N5O8S/c1-40(2,3)54-34(47)21-28-14-8-5-4-6-11-15-30-22-41(30,39(51)44-55(52,53)31-16-17-31)43-36(48)35-32-25-45(23-29(32)24-46(35)37(28)49)38(50)33-20-27(18-19-42-33)26-12-9-7-10-13-26/h7,9-13,15,18-20,28-32,35H,4-6,8,14,16-17,21-25H2,1-3H3,(H,43,48)(H,44,51)/b15-11-/t28-,29-,30+,32-,35-,41+/m0/s1. The van der Waals surface area contributed by atoms with E-state index in [1.807, 2.05) is 48.6 Å². The van der Waals surface area contributed by atoms with Gasteiger partial charge >= 0.3 is 5.97 Å². The zero-order chi connectivity index (χ0) is 39.1. The fourth-order valence-electron chi connectivity index (χ4n) is 8.47. The number of carbonyl (C=O) groups excluding carboxylic acids is 5. The Morgan fingerprint density at radius 3 is 2.47 bits per heavy atom. The Labute approximate surface area is 322 Å². The van der Waals surface area contributed by atoms with Crippen molar-refractivity contribution in [2.45, 2.75) is 101 Å². The van der Waals surface area contributed by atoms with Gasteiger partial charge in [0.05, 0.1) is 11.7 Å². The first-order chi connectivity index (χ1) is 26.1. The second kappa shape index (κ2) is 15.2. The van der Waals surface area contributed by atoms with Gasteiger partial charge in [-0.15, -0.1) is 0 Å². The molecule has 14 heteroatoms. The van der Waals surface area contributed by atoms with Gasteiger partial charge in [-0.1, -0.05) is 55.3 Å². The van der Waals surface area contributed by atoms with Crippen LogP contribution in [0.25, 0.3) is 11.1 Å². The summed E-state index contributed by atoms with van der Waals surface area (Å²) in [6.45, 7) is 5.93. The van der Waals surface area contributed by atoms with E-state index >= 15 is 0 Å². The van der Waals surface area contributed by atoms with E-state index in [2.05, 4.69) is 15.0 Å². The molecule has 4 heterocycles. The van der Waals surface area contributed by atoms with Crippen LogP contribution >= 0.6 is 0 Å². The summed E-state index contributed by atoms with van der Waals surface area (Å²) in [6, 6.07) is 12.2. The van der Waals surface area contributed by atoms with Gasteiger partial charge in [-0.25, -0.2) is 8.42 Å². The Hall–Kier alpha value is -4.59. The van der Waals surface area contributed by atoms with Crippen LogP contribution in [-0.4, -0.2) is 94.9 Å². The highest BCUT2D eigenvalue weighted by molar-refractivity contribution is 7.91. The minimum Gasteiger partial charge on any atom is -0.460 e. The largest absolute Gasteiger partial charge is 0.460 e. The summed E-state index contributed by atoms with van der Waals surface area (Å²) in [5.41, 5.74) is -0.205. The number of sulfonamides is 1. The molecule has 2 aliphatic carbocycles. The van der Waals surface area contributed by atoms with Crippen LogP contribution in [0.3, 0.4) is 0 Å². The van der Waals surface area contributed by atoms with E-state index in [0.29, 0.717) is 32.1 Å². The van der Waals surface area contributed by atoms with E-state index in [0.717, 1.165) is 24.0 Å². The van der Waals surface area contributed by atoms with E-state index in [9.17, 15) is 32.4 Å². The van der Waals surface area contributed by atoms with Crippen LogP contribution in [0, 0.1) is 23.7 Å². The highest BCUT2D eigenvalue weighted by atomic mass is 32.2. The highest BCUT2D eigenvalue weighted by Crippen LogP contribution is 2.47.